The molecule has 1 N–H and O–H groups in total. The van der Waals surface area contributed by atoms with E-state index in [9.17, 15) is 14.0 Å². The van der Waals surface area contributed by atoms with Gasteiger partial charge in [-0.05, 0) is 37.6 Å². The largest absolute Gasteiger partial charge is 0.355 e. The third-order valence-electron chi connectivity index (χ3n) is 3.34. The zero-order chi connectivity index (χ0) is 13.8. The number of nitrogens with one attached hydrogen (secondary N) is 1. The Morgan fingerprint density at radius 2 is 2.11 bits per heavy atom. The molecule has 0 saturated carbocycles. The van der Waals surface area contributed by atoms with E-state index in [4.69, 9.17) is 0 Å². The van der Waals surface area contributed by atoms with Gasteiger partial charge in [-0.15, -0.1) is 0 Å². The number of nitrogens with zero attached hydrogens (tertiary/aromatic N) is 1. The molecule has 1 fully saturated rings. The van der Waals surface area contributed by atoms with Crippen molar-refractivity contribution < 1.29 is 14.0 Å². The number of rotatable bonds is 3. The highest BCUT2D eigenvalue weighted by Crippen LogP contribution is 2.20. The van der Waals surface area contributed by atoms with Gasteiger partial charge in [0.05, 0.1) is 5.92 Å². The molecule has 1 atom stereocenters. The van der Waals surface area contributed by atoms with Crippen molar-refractivity contribution >= 4 is 17.5 Å². The van der Waals surface area contributed by atoms with Crippen LogP contribution in [-0.4, -0.2) is 24.9 Å². The maximum atomic E-state index is 12.9. The Kier molecular flexibility index (Phi) is 4.14. The molecule has 0 radical (unpaired) electrons. The van der Waals surface area contributed by atoms with Crippen molar-refractivity contribution in [3.63, 3.8) is 0 Å². The molecule has 1 aromatic carbocycles. The van der Waals surface area contributed by atoms with Gasteiger partial charge in [0.15, 0.2) is 0 Å². The summed E-state index contributed by atoms with van der Waals surface area (Å²) in [5, 5.41) is 2.71. The van der Waals surface area contributed by atoms with Gasteiger partial charge in [-0.2, -0.15) is 0 Å². The maximum absolute atomic E-state index is 12.9. The van der Waals surface area contributed by atoms with E-state index in [1.807, 2.05) is 6.92 Å². The molecular weight excluding hydrogens is 247 g/mol. The summed E-state index contributed by atoms with van der Waals surface area (Å²) in [5.41, 5.74) is 0.686. The van der Waals surface area contributed by atoms with Crippen LogP contribution in [0.2, 0.25) is 0 Å². The maximum Gasteiger partial charge on any atom is 0.231 e. The van der Waals surface area contributed by atoms with E-state index in [1.54, 1.807) is 17.0 Å². The lowest BCUT2D eigenvalue weighted by Gasteiger charge is -2.28. The average molecular weight is 264 g/mol. The van der Waals surface area contributed by atoms with Gasteiger partial charge in [-0.25, -0.2) is 4.39 Å². The Morgan fingerprint density at radius 3 is 2.63 bits per heavy atom. The summed E-state index contributed by atoms with van der Waals surface area (Å²) in [6.07, 6.45) is 0.958. The quantitative estimate of drug-likeness (QED) is 0.903. The molecular formula is C14H17FN2O2. The van der Waals surface area contributed by atoms with Crippen LogP contribution in [0.25, 0.3) is 0 Å². The zero-order valence-corrected chi connectivity index (χ0v) is 10.9. The van der Waals surface area contributed by atoms with Gasteiger partial charge >= 0.3 is 0 Å². The molecule has 5 heteroatoms. The first-order valence-electron chi connectivity index (χ1n) is 6.45. The molecule has 1 saturated heterocycles. The van der Waals surface area contributed by atoms with Crippen LogP contribution in [0, 0.1) is 11.7 Å². The molecule has 1 aliphatic heterocycles. The molecule has 0 aliphatic carbocycles. The highest BCUT2D eigenvalue weighted by molar-refractivity contribution is 5.96. The molecule has 2 rings (SSSR count). The van der Waals surface area contributed by atoms with E-state index in [2.05, 4.69) is 5.32 Å². The van der Waals surface area contributed by atoms with E-state index < -0.39 is 0 Å². The normalized spacial score (nSPS) is 18.8. The topological polar surface area (TPSA) is 49.4 Å². The van der Waals surface area contributed by atoms with Crippen molar-refractivity contribution in [2.75, 3.05) is 18.0 Å². The lowest BCUT2D eigenvalue weighted by molar-refractivity contribution is -0.127. The zero-order valence-electron chi connectivity index (χ0n) is 10.9. The third kappa shape index (κ3) is 3.10. The van der Waals surface area contributed by atoms with Crippen LogP contribution >= 0.6 is 0 Å². The van der Waals surface area contributed by atoms with Gasteiger partial charge in [0, 0.05) is 25.2 Å². The molecule has 0 aromatic heterocycles. The minimum atomic E-state index is -0.322. The van der Waals surface area contributed by atoms with E-state index in [-0.39, 0.29) is 23.5 Å². The summed E-state index contributed by atoms with van der Waals surface area (Å²) < 4.78 is 12.9. The number of hydrogen-bond acceptors (Lipinski definition) is 2. The number of benzene rings is 1. The van der Waals surface area contributed by atoms with Crippen molar-refractivity contribution in [3.05, 3.63) is 30.1 Å². The Balaban J connectivity index is 2.10. The fraction of sp³-hybridized carbons (Fsp3) is 0.429. The molecule has 1 aliphatic rings. The molecule has 1 heterocycles. The molecule has 2 amide bonds. The number of anilines is 1. The monoisotopic (exact) mass is 264 g/mol. The molecule has 0 spiro atoms. The first-order valence-corrected chi connectivity index (χ1v) is 6.45. The lowest BCUT2D eigenvalue weighted by atomic mass is 9.97. The van der Waals surface area contributed by atoms with Gasteiger partial charge in [0.2, 0.25) is 11.8 Å². The lowest BCUT2D eigenvalue weighted by Crippen LogP contribution is -2.45. The molecule has 1 aromatic rings. The van der Waals surface area contributed by atoms with Crippen LogP contribution in [0.4, 0.5) is 10.1 Å². The van der Waals surface area contributed by atoms with Crippen LogP contribution in [0.1, 0.15) is 19.8 Å². The van der Waals surface area contributed by atoms with Crippen molar-refractivity contribution in [3.8, 4) is 0 Å². The first-order chi connectivity index (χ1) is 9.11. The smallest absolute Gasteiger partial charge is 0.231 e. The van der Waals surface area contributed by atoms with Crippen molar-refractivity contribution in [1.82, 2.24) is 5.32 Å². The van der Waals surface area contributed by atoms with Crippen LogP contribution in [0.15, 0.2) is 24.3 Å². The predicted molar refractivity (Wildman–Crippen MR) is 70.2 cm³/mol. The highest BCUT2D eigenvalue weighted by atomic mass is 19.1. The standard InChI is InChI=1S/C14H17FN2O2/c1-2-17(12-6-4-11(15)5-7-12)14(19)10-3-8-13(18)16-9-10/h4-7,10H,2-3,8-9H2,1H3,(H,16,18). The summed E-state index contributed by atoms with van der Waals surface area (Å²) >= 11 is 0. The van der Waals surface area contributed by atoms with Crippen molar-refractivity contribution in [2.45, 2.75) is 19.8 Å². The van der Waals surface area contributed by atoms with Gasteiger partial charge < -0.3 is 10.2 Å². The second kappa shape index (κ2) is 5.82. The average Bonchev–Trinajstić information content (AvgIpc) is 2.42. The Bertz CT molecular complexity index is 463. The molecule has 19 heavy (non-hydrogen) atoms. The van der Waals surface area contributed by atoms with Crippen molar-refractivity contribution in [1.29, 1.82) is 0 Å². The summed E-state index contributed by atoms with van der Waals surface area (Å²) in [6, 6.07) is 5.87. The van der Waals surface area contributed by atoms with Crippen LogP contribution in [-0.2, 0) is 9.59 Å². The van der Waals surface area contributed by atoms with E-state index in [0.29, 0.717) is 31.6 Å². The van der Waals surface area contributed by atoms with Gasteiger partial charge in [-0.1, -0.05) is 0 Å². The number of hydrogen-bond donors (Lipinski definition) is 1. The Morgan fingerprint density at radius 1 is 1.42 bits per heavy atom. The Hall–Kier alpha value is -1.91. The summed E-state index contributed by atoms with van der Waals surface area (Å²) in [7, 11) is 0. The van der Waals surface area contributed by atoms with Crippen molar-refractivity contribution in [2.24, 2.45) is 5.92 Å². The minimum absolute atomic E-state index is 0.00567. The number of carbonyl (C=O) groups is 2. The minimum Gasteiger partial charge on any atom is -0.355 e. The SMILES string of the molecule is CCN(C(=O)C1CCC(=O)NC1)c1ccc(F)cc1. The fourth-order valence-corrected chi connectivity index (χ4v) is 2.25. The molecule has 102 valence electrons. The third-order valence-corrected chi connectivity index (χ3v) is 3.34. The first kappa shape index (κ1) is 13.5. The van der Waals surface area contributed by atoms with Gasteiger partial charge in [-0.3, -0.25) is 9.59 Å². The van der Waals surface area contributed by atoms with Crippen LogP contribution in [0.3, 0.4) is 0 Å². The summed E-state index contributed by atoms with van der Waals surface area (Å²) in [5.74, 6) is -0.539. The number of amides is 2. The summed E-state index contributed by atoms with van der Waals surface area (Å²) in [6.45, 7) is 2.78. The number of carbonyl (C=O) groups excluding carboxylic acids is 2. The second-order valence-electron chi connectivity index (χ2n) is 4.60. The van der Waals surface area contributed by atoms with Crippen LogP contribution in [0.5, 0.6) is 0 Å². The highest BCUT2D eigenvalue weighted by Gasteiger charge is 2.28. The Labute approximate surface area is 111 Å². The fourth-order valence-electron chi connectivity index (χ4n) is 2.25. The van der Waals surface area contributed by atoms with E-state index in [0.717, 1.165) is 0 Å². The van der Waals surface area contributed by atoms with Gasteiger partial charge in [0.1, 0.15) is 5.82 Å². The van der Waals surface area contributed by atoms with Crippen LogP contribution < -0.4 is 10.2 Å². The summed E-state index contributed by atoms with van der Waals surface area (Å²) in [4.78, 5) is 25.1. The predicted octanol–water partition coefficient (Wildman–Crippen LogP) is 1.70. The van der Waals surface area contributed by atoms with E-state index in [1.165, 1.54) is 12.1 Å². The molecule has 4 nitrogen and oxygen atoms in total. The van der Waals surface area contributed by atoms with E-state index >= 15 is 0 Å². The molecule has 0 bridgehead atoms. The van der Waals surface area contributed by atoms with Gasteiger partial charge in [0.25, 0.3) is 0 Å². The number of halogens is 1. The molecule has 1 unspecified atom stereocenters. The second-order valence-corrected chi connectivity index (χ2v) is 4.60. The number of piperidine rings is 1.